The van der Waals surface area contributed by atoms with E-state index in [0.717, 1.165) is 12.8 Å². The van der Waals surface area contributed by atoms with E-state index < -0.39 is 5.60 Å². The number of rotatable bonds is 5. The summed E-state index contributed by atoms with van der Waals surface area (Å²) in [6.07, 6.45) is 4.44. The third-order valence-corrected chi connectivity index (χ3v) is 4.50. The zero-order chi connectivity index (χ0) is 15.6. The molecule has 120 valence electrons. The van der Waals surface area contributed by atoms with Crippen LogP contribution in [0.5, 0.6) is 0 Å². The molecule has 0 bridgehead atoms. The molecule has 8 heteroatoms. The Morgan fingerprint density at radius 1 is 1.45 bits per heavy atom. The van der Waals surface area contributed by atoms with Gasteiger partial charge in [0.05, 0.1) is 6.54 Å². The molecule has 0 spiro atoms. The summed E-state index contributed by atoms with van der Waals surface area (Å²) in [5.41, 5.74) is -0.861. The summed E-state index contributed by atoms with van der Waals surface area (Å²) >= 11 is 0. The van der Waals surface area contributed by atoms with E-state index in [1.165, 1.54) is 6.33 Å². The van der Waals surface area contributed by atoms with Crippen LogP contribution in [0.2, 0.25) is 0 Å². The summed E-state index contributed by atoms with van der Waals surface area (Å²) in [6, 6.07) is 0. The molecule has 8 nitrogen and oxygen atoms in total. The average molecular weight is 307 g/mol. The molecular formula is C14H21N5O3. The number of nitrogens with one attached hydrogen (secondary N) is 2. The molecule has 1 saturated heterocycles. The first-order chi connectivity index (χ1) is 10.6. The number of aromatic nitrogens is 3. The van der Waals surface area contributed by atoms with Gasteiger partial charge in [-0.05, 0) is 12.8 Å². The van der Waals surface area contributed by atoms with E-state index in [1.54, 1.807) is 7.11 Å². The third-order valence-electron chi connectivity index (χ3n) is 4.50. The van der Waals surface area contributed by atoms with Crippen molar-refractivity contribution >= 4 is 11.8 Å². The first-order valence-electron chi connectivity index (χ1n) is 7.61. The second-order valence-electron chi connectivity index (χ2n) is 5.91. The Kier molecular flexibility index (Phi) is 4.10. The number of piperidine rings is 1. The van der Waals surface area contributed by atoms with E-state index >= 15 is 0 Å². The van der Waals surface area contributed by atoms with E-state index in [4.69, 9.17) is 4.74 Å². The van der Waals surface area contributed by atoms with Crippen LogP contribution in [0.4, 0.5) is 0 Å². The van der Waals surface area contributed by atoms with Crippen molar-refractivity contribution in [1.29, 1.82) is 0 Å². The van der Waals surface area contributed by atoms with Gasteiger partial charge in [0, 0.05) is 39.0 Å². The number of carbonyl (C=O) groups excluding carboxylic acids is 2. The highest BCUT2D eigenvalue weighted by molar-refractivity contribution is 5.86. The first kappa shape index (κ1) is 15.0. The predicted octanol–water partition coefficient (Wildman–Crippen LogP) is -0.161. The Balaban J connectivity index is 1.55. The Bertz CT molecular complexity index is 533. The number of H-pyrrole nitrogens is 1. The summed E-state index contributed by atoms with van der Waals surface area (Å²) in [5.74, 6) is 0.882. The highest BCUT2D eigenvalue weighted by Crippen LogP contribution is 2.34. The Labute approximate surface area is 128 Å². The monoisotopic (exact) mass is 307 g/mol. The van der Waals surface area contributed by atoms with Gasteiger partial charge < -0.3 is 15.0 Å². The Hall–Kier alpha value is -1.96. The molecular weight excluding hydrogens is 286 g/mol. The van der Waals surface area contributed by atoms with Gasteiger partial charge in [0.25, 0.3) is 5.91 Å². The predicted molar refractivity (Wildman–Crippen MR) is 76.5 cm³/mol. The standard InChI is InChI=1S/C14H21N5O3/c1-22-14(13(21)15-8-11-16-9-17-18-11)4-6-19(7-5-14)12(20)10-2-3-10/h9-10H,2-8H2,1H3,(H,15,21)(H,16,17,18). The molecule has 2 N–H and O–H groups in total. The van der Waals surface area contributed by atoms with Crippen LogP contribution in [0.3, 0.4) is 0 Å². The van der Waals surface area contributed by atoms with Gasteiger partial charge in [-0.25, -0.2) is 4.98 Å². The zero-order valence-corrected chi connectivity index (χ0v) is 12.7. The van der Waals surface area contributed by atoms with Gasteiger partial charge in [-0.15, -0.1) is 0 Å². The van der Waals surface area contributed by atoms with Crippen molar-refractivity contribution in [1.82, 2.24) is 25.4 Å². The maximum absolute atomic E-state index is 12.5. The van der Waals surface area contributed by atoms with E-state index in [2.05, 4.69) is 20.5 Å². The summed E-state index contributed by atoms with van der Waals surface area (Å²) in [5, 5.41) is 9.26. The van der Waals surface area contributed by atoms with Gasteiger partial charge in [0.2, 0.25) is 5.91 Å². The van der Waals surface area contributed by atoms with Crippen molar-refractivity contribution in [2.45, 2.75) is 37.8 Å². The number of aromatic amines is 1. The average Bonchev–Trinajstić information content (AvgIpc) is 3.28. The van der Waals surface area contributed by atoms with Crippen LogP contribution in [0.25, 0.3) is 0 Å². The highest BCUT2D eigenvalue weighted by Gasteiger charge is 2.44. The second-order valence-corrected chi connectivity index (χ2v) is 5.91. The number of likely N-dealkylation sites (tertiary alicyclic amines) is 1. The minimum atomic E-state index is -0.861. The van der Waals surface area contributed by atoms with E-state index in [9.17, 15) is 9.59 Å². The van der Waals surface area contributed by atoms with Crippen LogP contribution < -0.4 is 5.32 Å². The number of methoxy groups -OCH3 is 1. The van der Waals surface area contributed by atoms with Gasteiger partial charge in [-0.1, -0.05) is 0 Å². The summed E-state index contributed by atoms with van der Waals surface area (Å²) < 4.78 is 5.52. The van der Waals surface area contributed by atoms with Crippen LogP contribution in [0.1, 0.15) is 31.5 Å². The molecule has 1 aliphatic carbocycles. The van der Waals surface area contributed by atoms with Crippen LogP contribution in [0.15, 0.2) is 6.33 Å². The fourth-order valence-corrected chi connectivity index (χ4v) is 2.84. The van der Waals surface area contributed by atoms with Crippen molar-refractivity contribution in [2.24, 2.45) is 5.92 Å². The highest BCUT2D eigenvalue weighted by atomic mass is 16.5. The SMILES string of the molecule is COC1(C(=O)NCc2ncn[nH]2)CCN(C(=O)C2CC2)CC1. The second kappa shape index (κ2) is 6.04. The molecule has 3 rings (SSSR count). The molecule has 1 aliphatic heterocycles. The smallest absolute Gasteiger partial charge is 0.252 e. The van der Waals surface area contributed by atoms with E-state index in [1.807, 2.05) is 4.90 Å². The van der Waals surface area contributed by atoms with Gasteiger partial charge >= 0.3 is 0 Å². The Morgan fingerprint density at radius 3 is 2.73 bits per heavy atom. The van der Waals surface area contributed by atoms with Crippen LogP contribution in [-0.4, -0.2) is 57.7 Å². The van der Waals surface area contributed by atoms with Crippen LogP contribution in [-0.2, 0) is 20.9 Å². The lowest BCUT2D eigenvalue weighted by molar-refractivity contribution is -0.154. The normalized spacial score (nSPS) is 20.7. The maximum Gasteiger partial charge on any atom is 0.252 e. The molecule has 1 aromatic heterocycles. The molecule has 0 unspecified atom stereocenters. The number of carbonyl (C=O) groups is 2. The quantitative estimate of drug-likeness (QED) is 0.787. The molecule has 22 heavy (non-hydrogen) atoms. The fourth-order valence-electron chi connectivity index (χ4n) is 2.84. The van der Waals surface area contributed by atoms with Crippen molar-refractivity contribution in [3.05, 3.63) is 12.2 Å². The molecule has 1 saturated carbocycles. The minimum Gasteiger partial charge on any atom is -0.368 e. The molecule has 2 heterocycles. The summed E-state index contributed by atoms with van der Waals surface area (Å²) in [4.78, 5) is 30.4. The Morgan fingerprint density at radius 2 is 2.18 bits per heavy atom. The number of hydrogen-bond acceptors (Lipinski definition) is 5. The molecule has 0 aromatic carbocycles. The molecule has 2 aliphatic rings. The number of hydrogen-bond donors (Lipinski definition) is 2. The summed E-state index contributed by atoms with van der Waals surface area (Å²) in [6.45, 7) is 1.42. The van der Waals surface area contributed by atoms with E-state index in [0.29, 0.717) is 31.8 Å². The summed E-state index contributed by atoms with van der Waals surface area (Å²) in [7, 11) is 1.55. The molecule has 2 amide bonds. The zero-order valence-electron chi connectivity index (χ0n) is 12.7. The largest absolute Gasteiger partial charge is 0.368 e. The van der Waals surface area contributed by atoms with Gasteiger partial charge in [-0.2, -0.15) is 5.10 Å². The lowest BCUT2D eigenvalue weighted by Crippen LogP contribution is -2.55. The van der Waals surface area contributed by atoms with Crippen molar-refractivity contribution in [2.75, 3.05) is 20.2 Å². The maximum atomic E-state index is 12.5. The minimum absolute atomic E-state index is 0.162. The third kappa shape index (κ3) is 2.96. The van der Waals surface area contributed by atoms with Crippen molar-refractivity contribution in [3.8, 4) is 0 Å². The van der Waals surface area contributed by atoms with E-state index in [-0.39, 0.29) is 24.3 Å². The molecule has 1 aromatic rings. The number of nitrogens with zero attached hydrogens (tertiary/aromatic N) is 3. The number of amides is 2. The van der Waals surface area contributed by atoms with Crippen molar-refractivity contribution < 1.29 is 14.3 Å². The lowest BCUT2D eigenvalue weighted by atomic mass is 9.89. The molecule has 2 fully saturated rings. The van der Waals surface area contributed by atoms with Crippen LogP contribution in [0, 0.1) is 5.92 Å². The lowest BCUT2D eigenvalue weighted by Gasteiger charge is -2.39. The fraction of sp³-hybridized carbons (Fsp3) is 0.714. The van der Waals surface area contributed by atoms with Gasteiger partial charge in [0.15, 0.2) is 0 Å². The first-order valence-corrected chi connectivity index (χ1v) is 7.61. The van der Waals surface area contributed by atoms with Crippen molar-refractivity contribution in [3.63, 3.8) is 0 Å². The van der Waals surface area contributed by atoms with Gasteiger partial charge in [-0.3, -0.25) is 14.7 Å². The van der Waals surface area contributed by atoms with Crippen LogP contribution >= 0.6 is 0 Å². The van der Waals surface area contributed by atoms with Gasteiger partial charge in [0.1, 0.15) is 17.8 Å². The molecule has 0 radical (unpaired) electrons. The number of ether oxygens (including phenoxy) is 1. The molecule has 0 atom stereocenters. The topological polar surface area (TPSA) is 100 Å².